The van der Waals surface area contributed by atoms with Gasteiger partial charge in [0.1, 0.15) is 5.76 Å². The zero-order valence-electron chi connectivity index (χ0n) is 14.9. The number of carbonyl (C=O) groups is 2. The minimum Gasteiger partial charge on any atom is -0.455 e. The van der Waals surface area contributed by atoms with Crippen molar-refractivity contribution in [3.63, 3.8) is 0 Å². The molecular formula is C19H20ClN3O3. The summed E-state index contributed by atoms with van der Waals surface area (Å²) in [4.78, 5) is 24.0. The molecule has 0 radical (unpaired) electrons. The second-order valence-electron chi connectivity index (χ2n) is 7.22. The first-order valence-electron chi connectivity index (χ1n) is 8.23. The number of rotatable bonds is 3. The lowest BCUT2D eigenvalue weighted by molar-refractivity contribution is 0.0952. The first-order valence-corrected chi connectivity index (χ1v) is 8.61. The van der Waals surface area contributed by atoms with Crippen LogP contribution >= 0.6 is 11.6 Å². The summed E-state index contributed by atoms with van der Waals surface area (Å²) in [6.07, 6.45) is 1.29. The molecule has 0 fully saturated rings. The van der Waals surface area contributed by atoms with E-state index in [1.807, 2.05) is 0 Å². The molecule has 7 heteroatoms. The number of amides is 2. The van der Waals surface area contributed by atoms with E-state index in [1.165, 1.54) is 0 Å². The van der Waals surface area contributed by atoms with Crippen LogP contribution in [0.4, 0.5) is 0 Å². The van der Waals surface area contributed by atoms with Crippen LogP contribution in [-0.2, 0) is 6.42 Å². The van der Waals surface area contributed by atoms with Gasteiger partial charge in [0.25, 0.3) is 11.8 Å². The summed E-state index contributed by atoms with van der Waals surface area (Å²) in [5.41, 5.74) is 10.2. The molecule has 26 heavy (non-hydrogen) atoms. The average molecular weight is 374 g/mol. The van der Waals surface area contributed by atoms with Crippen molar-refractivity contribution < 1.29 is 14.0 Å². The molecule has 0 aliphatic heterocycles. The number of furan rings is 1. The molecule has 0 atom stereocenters. The molecule has 3 rings (SSSR count). The largest absolute Gasteiger partial charge is 0.455 e. The van der Waals surface area contributed by atoms with Crippen molar-refractivity contribution in [2.24, 2.45) is 16.3 Å². The van der Waals surface area contributed by atoms with Crippen molar-refractivity contribution in [3.8, 4) is 0 Å². The predicted molar refractivity (Wildman–Crippen MR) is 99.5 cm³/mol. The molecule has 2 amide bonds. The number of hydrogen-bond acceptors (Lipinski definition) is 4. The van der Waals surface area contributed by atoms with Crippen LogP contribution in [0, 0.1) is 12.3 Å². The van der Waals surface area contributed by atoms with Gasteiger partial charge in [0.15, 0.2) is 5.76 Å². The summed E-state index contributed by atoms with van der Waals surface area (Å²) in [5.74, 6) is -0.213. The fourth-order valence-electron chi connectivity index (χ4n) is 3.27. The van der Waals surface area contributed by atoms with Crippen molar-refractivity contribution in [2.45, 2.75) is 33.6 Å². The Kier molecular flexibility index (Phi) is 4.63. The van der Waals surface area contributed by atoms with E-state index in [0.717, 1.165) is 5.56 Å². The Labute approximate surface area is 156 Å². The monoisotopic (exact) mass is 373 g/mol. The Balaban J connectivity index is 1.97. The number of halogens is 1. The Morgan fingerprint density at radius 3 is 2.62 bits per heavy atom. The summed E-state index contributed by atoms with van der Waals surface area (Å²) < 4.78 is 5.69. The van der Waals surface area contributed by atoms with E-state index in [-0.39, 0.29) is 11.2 Å². The number of nitrogens with zero attached hydrogens (tertiary/aromatic N) is 1. The SMILES string of the molecule is Cc1c(C(N)=O)oc2c1/C(=N/NC(=O)c1ccccc1Cl)CC(C)(C)C2. The fourth-order valence-corrected chi connectivity index (χ4v) is 3.49. The molecule has 1 aliphatic carbocycles. The first kappa shape index (κ1) is 18.2. The molecule has 0 spiro atoms. The van der Waals surface area contributed by atoms with Gasteiger partial charge in [-0.15, -0.1) is 0 Å². The molecule has 1 aromatic carbocycles. The molecule has 1 aliphatic rings. The van der Waals surface area contributed by atoms with Gasteiger partial charge in [-0.05, 0) is 30.9 Å². The highest BCUT2D eigenvalue weighted by atomic mass is 35.5. The lowest BCUT2D eigenvalue weighted by Crippen LogP contribution is -2.29. The third-order valence-corrected chi connectivity index (χ3v) is 4.76. The van der Waals surface area contributed by atoms with E-state index >= 15 is 0 Å². The summed E-state index contributed by atoms with van der Waals surface area (Å²) in [5, 5.41) is 4.67. The van der Waals surface area contributed by atoms with E-state index in [9.17, 15) is 9.59 Å². The Morgan fingerprint density at radius 2 is 1.96 bits per heavy atom. The smallest absolute Gasteiger partial charge is 0.284 e. The van der Waals surface area contributed by atoms with Crippen LogP contribution in [0.15, 0.2) is 33.8 Å². The molecule has 2 aromatic rings. The van der Waals surface area contributed by atoms with Gasteiger partial charge in [-0.2, -0.15) is 5.10 Å². The summed E-state index contributed by atoms with van der Waals surface area (Å²) in [7, 11) is 0. The normalized spacial score (nSPS) is 17.0. The van der Waals surface area contributed by atoms with Crippen LogP contribution in [-0.4, -0.2) is 17.5 Å². The summed E-state index contributed by atoms with van der Waals surface area (Å²) >= 11 is 6.05. The predicted octanol–water partition coefficient (Wildman–Crippen LogP) is 3.45. The Bertz CT molecular complexity index is 928. The molecule has 0 saturated heterocycles. The van der Waals surface area contributed by atoms with Crippen molar-refractivity contribution in [2.75, 3.05) is 0 Å². The quantitative estimate of drug-likeness (QED) is 0.806. The number of hydrogen-bond donors (Lipinski definition) is 2. The van der Waals surface area contributed by atoms with E-state index < -0.39 is 11.8 Å². The number of nitrogens with two attached hydrogens (primary N) is 1. The molecule has 3 N–H and O–H groups in total. The minimum atomic E-state index is -0.617. The molecule has 136 valence electrons. The number of fused-ring (bicyclic) bond motifs is 1. The highest BCUT2D eigenvalue weighted by Crippen LogP contribution is 2.38. The highest BCUT2D eigenvalue weighted by molar-refractivity contribution is 6.33. The van der Waals surface area contributed by atoms with Gasteiger partial charge >= 0.3 is 0 Å². The number of carbonyl (C=O) groups excluding carboxylic acids is 2. The second kappa shape index (κ2) is 6.61. The van der Waals surface area contributed by atoms with E-state index in [4.69, 9.17) is 21.8 Å². The topological polar surface area (TPSA) is 97.7 Å². The number of benzene rings is 1. The van der Waals surface area contributed by atoms with Gasteiger partial charge in [-0.25, -0.2) is 5.43 Å². The lowest BCUT2D eigenvalue weighted by atomic mass is 9.75. The van der Waals surface area contributed by atoms with E-state index in [0.29, 0.717) is 40.5 Å². The molecule has 1 aromatic heterocycles. The molecular weight excluding hydrogens is 354 g/mol. The Hall–Kier alpha value is -2.60. The van der Waals surface area contributed by atoms with Crippen LogP contribution in [0.3, 0.4) is 0 Å². The number of nitrogens with one attached hydrogen (secondary N) is 1. The van der Waals surface area contributed by atoms with Crippen LogP contribution in [0.25, 0.3) is 0 Å². The maximum atomic E-state index is 12.4. The third-order valence-electron chi connectivity index (χ3n) is 4.43. The second-order valence-corrected chi connectivity index (χ2v) is 7.62. The summed E-state index contributed by atoms with van der Waals surface area (Å²) in [6.45, 7) is 5.92. The molecule has 0 bridgehead atoms. The van der Waals surface area contributed by atoms with Crippen LogP contribution in [0.5, 0.6) is 0 Å². The van der Waals surface area contributed by atoms with E-state index in [2.05, 4.69) is 24.4 Å². The van der Waals surface area contributed by atoms with Gasteiger partial charge in [0.2, 0.25) is 0 Å². The average Bonchev–Trinajstić information content (AvgIpc) is 2.88. The van der Waals surface area contributed by atoms with Crippen molar-refractivity contribution in [1.29, 1.82) is 0 Å². The lowest BCUT2D eigenvalue weighted by Gasteiger charge is -2.29. The zero-order chi connectivity index (χ0) is 19.1. The van der Waals surface area contributed by atoms with Gasteiger partial charge in [-0.3, -0.25) is 9.59 Å². The molecule has 0 unspecified atom stereocenters. The molecule has 1 heterocycles. The first-order chi connectivity index (χ1) is 12.2. The Morgan fingerprint density at radius 1 is 1.27 bits per heavy atom. The summed E-state index contributed by atoms with van der Waals surface area (Å²) in [6, 6.07) is 6.75. The number of hydrazone groups is 1. The van der Waals surface area contributed by atoms with Crippen molar-refractivity contribution in [1.82, 2.24) is 5.43 Å². The zero-order valence-corrected chi connectivity index (χ0v) is 15.6. The highest BCUT2D eigenvalue weighted by Gasteiger charge is 2.35. The molecule has 6 nitrogen and oxygen atoms in total. The van der Waals surface area contributed by atoms with Crippen LogP contribution in [0.1, 0.15) is 58.1 Å². The van der Waals surface area contributed by atoms with Crippen molar-refractivity contribution in [3.05, 3.63) is 57.5 Å². The molecule has 0 saturated carbocycles. The standard InChI is InChI=1S/C19H20ClN3O3/c1-10-15-13(22-23-18(25)11-6-4-5-7-12(11)20)8-19(2,3)9-14(15)26-16(10)17(21)24/h4-7H,8-9H2,1-3H3,(H2,21,24)(H,23,25)/b22-13+. The van der Waals surface area contributed by atoms with Gasteiger partial charge in [0, 0.05) is 17.5 Å². The van der Waals surface area contributed by atoms with Crippen molar-refractivity contribution >= 4 is 29.1 Å². The van der Waals surface area contributed by atoms with Gasteiger partial charge in [-0.1, -0.05) is 37.6 Å². The van der Waals surface area contributed by atoms with Gasteiger partial charge in [0.05, 0.1) is 16.3 Å². The van der Waals surface area contributed by atoms with Gasteiger partial charge < -0.3 is 10.2 Å². The maximum absolute atomic E-state index is 12.4. The minimum absolute atomic E-state index is 0.125. The third kappa shape index (κ3) is 3.37. The van der Waals surface area contributed by atoms with Crippen LogP contribution in [0.2, 0.25) is 5.02 Å². The fraction of sp³-hybridized carbons (Fsp3) is 0.316. The van der Waals surface area contributed by atoms with Crippen LogP contribution < -0.4 is 11.2 Å². The number of primary amides is 1. The van der Waals surface area contributed by atoms with E-state index in [1.54, 1.807) is 31.2 Å². The maximum Gasteiger partial charge on any atom is 0.284 e.